The molecule has 6 nitrogen and oxygen atoms in total. The van der Waals surface area contributed by atoms with E-state index in [1.54, 1.807) is 49.2 Å². The molecule has 6 heteroatoms. The minimum absolute atomic E-state index is 0.0265. The number of furan rings is 1. The zero-order valence-electron chi connectivity index (χ0n) is 13.9. The summed E-state index contributed by atoms with van der Waals surface area (Å²) in [5.74, 6) is 0.304. The summed E-state index contributed by atoms with van der Waals surface area (Å²) in [6, 6.07) is 5.35. The second-order valence-electron chi connectivity index (χ2n) is 6.11. The zero-order chi connectivity index (χ0) is 17.5. The van der Waals surface area contributed by atoms with Crippen LogP contribution in [0.1, 0.15) is 28.8 Å². The van der Waals surface area contributed by atoms with Crippen LogP contribution in [0, 0.1) is 5.92 Å². The van der Waals surface area contributed by atoms with Gasteiger partial charge in [0.15, 0.2) is 0 Å². The quantitative estimate of drug-likeness (QED) is 0.849. The molecule has 130 valence electrons. The molecule has 1 saturated heterocycles. The van der Waals surface area contributed by atoms with Gasteiger partial charge in [0.2, 0.25) is 5.91 Å². The monoisotopic (exact) mass is 339 g/mol. The number of rotatable bonds is 5. The number of carbonyl (C=O) groups excluding carboxylic acids is 2. The second kappa shape index (κ2) is 8.28. The molecule has 0 spiro atoms. The third-order valence-electron chi connectivity index (χ3n) is 4.35. The van der Waals surface area contributed by atoms with E-state index in [1.165, 1.54) is 6.08 Å². The molecular formula is C19H21N3O3. The lowest BCUT2D eigenvalue weighted by Crippen LogP contribution is -2.41. The highest BCUT2D eigenvalue weighted by atomic mass is 16.3. The summed E-state index contributed by atoms with van der Waals surface area (Å²) in [6.45, 7) is 2.04. The number of hydrogen-bond acceptors (Lipinski definition) is 4. The van der Waals surface area contributed by atoms with Gasteiger partial charge in [-0.25, -0.2) is 0 Å². The van der Waals surface area contributed by atoms with E-state index in [2.05, 4.69) is 10.3 Å². The summed E-state index contributed by atoms with van der Waals surface area (Å²) < 4.78 is 4.94. The predicted octanol–water partition coefficient (Wildman–Crippen LogP) is 2.36. The predicted molar refractivity (Wildman–Crippen MR) is 93.6 cm³/mol. The molecule has 0 atom stereocenters. The fraction of sp³-hybridized carbons (Fsp3) is 0.316. The van der Waals surface area contributed by atoms with Gasteiger partial charge >= 0.3 is 0 Å². The Balaban J connectivity index is 1.40. The molecule has 25 heavy (non-hydrogen) atoms. The van der Waals surface area contributed by atoms with Crippen molar-refractivity contribution in [3.8, 4) is 0 Å². The third kappa shape index (κ3) is 4.79. The molecule has 0 aliphatic carbocycles. The Morgan fingerprint density at radius 1 is 1.32 bits per heavy atom. The van der Waals surface area contributed by atoms with Gasteiger partial charge in [-0.05, 0) is 43.0 Å². The largest absolute Gasteiger partial charge is 0.472 e. The van der Waals surface area contributed by atoms with Crippen LogP contribution in [0.4, 0.5) is 0 Å². The van der Waals surface area contributed by atoms with Crippen LogP contribution in [0.25, 0.3) is 6.08 Å². The third-order valence-corrected chi connectivity index (χ3v) is 4.35. The maximum Gasteiger partial charge on any atom is 0.255 e. The lowest BCUT2D eigenvalue weighted by molar-refractivity contribution is -0.116. The molecule has 0 radical (unpaired) electrons. The number of likely N-dealkylation sites (tertiary alicyclic amines) is 1. The zero-order valence-corrected chi connectivity index (χ0v) is 13.9. The highest BCUT2D eigenvalue weighted by Crippen LogP contribution is 2.18. The smallest absolute Gasteiger partial charge is 0.255 e. The van der Waals surface area contributed by atoms with Crippen LogP contribution in [0.2, 0.25) is 0 Å². The first-order valence-electron chi connectivity index (χ1n) is 8.40. The van der Waals surface area contributed by atoms with Crippen molar-refractivity contribution in [2.24, 2.45) is 5.92 Å². The van der Waals surface area contributed by atoms with E-state index in [0.29, 0.717) is 31.1 Å². The summed E-state index contributed by atoms with van der Waals surface area (Å²) in [7, 11) is 0. The molecule has 3 heterocycles. The van der Waals surface area contributed by atoms with E-state index in [9.17, 15) is 9.59 Å². The van der Waals surface area contributed by atoms with E-state index in [4.69, 9.17) is 4.42 Å². The number of pyridine rings is 1. The van der Waals surface area contributed by atoms with E-state index < -0.39 is 0 Å². The van der Waals surface area contributed by atoms with Crippen molar-refractivity contribution < 1.29 is 14.0 Å². The maximum absolute atomic E-state index is 12.4. The van der Waals surface area contributed by atoms with Crippen LogP contribution in [-0.2, 0) is 4.79 Å². The van der Waals surface area contributed by atoms with Gasteiger partial charge in [0.05, 0.1) is 18.1 Å². The SMILES string of the molecule is O=C(C=Cc1ccoc1)NCC1CCN(C(=O)c2cccnc2)CC1. The number of hydrogen-bond donors (Lipinski definition) is 1. The van der Waals surface area contributed by atoms with E-state index >= 15 is 0 Å². The molecule has 1 N–H and O–H groups in total. The fourth-order valence-corrected chi connectivity index (χ4v) is 2.86. The Morgan fingerprint density at radius 2 is 2.16 bits per heavy atom. The number of amides is 2. The van der Waals surface area contributed by atoms with Crippen molar-refractivity contribution in [1.82, 2.24) is 15.2 Å². The molecular weight excluding hydrogens is 318 g/mol. The first kappa shape index (κ1) is 17.0. The van der Waals surface area contributed by atoms with Gasteiger partial charge < -0.3 is 14.6 Å². The molecule has 1 aliphatic heterocycles. The first-order chi connectivity index (χ1) is 12.2. The summed E-state index contributed by atoms with van der Waals surface area (Å²) >= 11 is 0. The van der Waals surface area contributed by atoms with Crippen LogP contribution in [0.5, 0.6) is 0 Å². The molecule has 3 rings (SSSR count). The van der Waals surface area contributed by atoms with Gasteiger partial charge in [-0.2, -0.15) is 0 Å². The standard InChI is InChI=1S/C19H21N3O3/c23-18(4-3-16-7-11-25-14-16)21-12-15-5-9-22(10-6-15)19(24)17-2-1-8-20-13-17/h1-4,7-8,11,13-15H,5-6,9-10,12H2,(H,21,23). The Kier molecular flexibility index (Phi) is 5.61. The molecule has 2 amide bonds. The average Bonchev–Trinajstić information content (AvgIpc) is 3.19. The minimum Gasteiger partial charge on any atom is -0.472 e. The lowest BCUT2D eigenvalue weighted by atomic mass is 9.96. The van der Waals surface area contributed by atoms with Gasteiger partial charge in [0.1, 0.15) is 0 Å². The Bertz CT molecular complexity index is 718. The fourth-order valence-electron chi connectivity index (χ4n) is 2.86. The van der Waals surface area contributed by atoms with Gasteiger partial charge in [0.25, 0.3) is 5.91 Å². The molecule has 0 bridgehead atoms. The van der Waals surface area contributed by atoms with Crippen LogP contribution in [0.15, 0.2) is 53.6 Å². The van der Waals surface area contributed by atoms with Crippen LogP contribution in [-0.4, -0.2) is 41.3 Å². The second-order valence-corrected chi connectivity index (χ2v) is 6.11. The molecule has 0 aromatic carbocycles. The van der Waals surface area contributed by atoms with Crippen LogP contribution in [0.3, 0.4) is 0 Å². The van der Waals surface area contributed by atoms with Crippen molar-refractivity contribution in [2.45, 2.75) is 12.8 Å². The van der Waals surface area contributed by atoms with E-state index in [1.807, 2.05) is 4.90 Å². The Labute approximate surface area is 146 Å². The molecule has 0 unspecified atom stereocenters. The van der Waals surface area contributed by atoms with Crippen molar-refractivity contribution in [3.05, 3.63) is 60.3 Å². The first-order valence-corrected chi connectivity index (χ1v) is 8.40. The number of carbonyl (C=O) groups is 2. The molecule has 2 aromatic rings. The van der Waals surface area contributed by atoms with Crippen molar-refractivity contribution >= 4 is 17.9 Å². The Morgan fingerprint density at radius 3 is 2.84 bits per heavy atom. The number of nitrogens with one attached hydrogen (secondary N) is 1. The molecule has 1 aliphatic rings. The van der Waals surface area contributed by atoms with Gasteiger partial charge in [-0.15, -0.1) is 0 Å². The highest BCUT2D eigenvalue weighted by molar-refractivity contribution is 5.94. The van der Waals surface area contributed by atoms with Crippen LogP contribution < -0.4 is 5.32 Å². The van der Waals surface area contributed by atoms with Gasteiger partial charge in [-0.3, -0.25) is 14.6 Å². The summed E-state index contributed by atoms with van der Waals surface area (Å²) in [5.41, 5.74) is 1.48. The number of aromatic nitrogens is 1. The minimum atomic E-state index is -0.116. The summed E-state index contributed by atoms with van der Waals surface area (Å²) in [4.78, 5) is 30.1. The van der Waals surface area contributed by atoms with Gasteiger partial charge in [0, 0.05) is 43.7 Å². The van der Waals surface area contributed by atoms with Crippen molar-refractivity contribution in [3.63, 3.8) is 0 Å². The topological polar surface area (TPSA) is 75.4 Å². The van der Waals surface area contributed by atoms with E-state index in [-0.39, 0.29) is 11.8 Å². The average molecular weight is 339 g/mol. The molecule has 0 saturated carbocycles. The van der Waals surface area contributed by atoms with Crippen molar-refractivity contribution in [2.75, 3.05) is 19.6 Å². The normalized spacial score (nSPS) is 15.4. The number of piperidine rings is 1. The summed E-state index contributed by atoms with van der Waals surface area (Å²) in [6.07, 6.45) is 11.4. The molecule has 1 fully saturated rings. The number of nitrogens with zero attached hydrogens (tertiary/aromatic N) is 2. The Hall–Kier alpha value is -2.89. The van der Waals surface area contributed by atoms with Crippen LogP contribution >= 0.6 is 0 Å². The van der Waals surface area contributed by atoms with Crippen molar-refractivity contribution in [1.29, 1.82) is 0 Å². The summed E-state index contributed by atoms with van der Waals surface area (Å²) in [5, 5.41) is 2.92. The van der Waals surface area contributed by atoms with Gasteiger partial charge in [-0.1, -0.05) is 0 Å². The lowest BCUT2D eigenvalue weighted by Gasteiger charge is -2.32. The maximum atomic E-state index is 12.4. The highest BCUT2D eigenvalue weighted by Gasteiger charge is 2.23. The van der Waals surface area contributed by atoms with E-state index in [0.717, 1.165) is 18.4 Å². The molecule has 2 aromatic heterocycles.